The number of nitriles is 1. The van der Waals surface area contributed by atoms with Gasteiger partial charge in [0.1, 0.15) is 23.0 Å². The normalized spacial score (nSPS) is 10.2. The van der Waals surface area contributed by atoms with E-state index in [0.717, 1.165) is 31.9 Å². The van der Waals surface area contributed by atoms with Gasteiger partial charge in [-0.25, -0.2) is 19.7 Å². The van der Waals surface area contributed by atoms with E-state index in [0.29, 0.717) is 11.2 Å². The minimum atomic E-state index is -0.953. The Labute approximate surface area is 195 Å². The van der Waals surface area contributed by atoms with Crippen LogP contribution < -0.4 is 0 Å². The van der Waals surface area contributed by atoms with E-state index in [2.05, 4.69) is 45.8 Å². The number of aromatic carboxylic acids is 1. The Kier molecular flexibility index (Phi) is 6.43. The Morgan fingerprint density at radius 1 is 0.818 bits per heavy atom. The highest BCUT2D eigenvalue weighted by atomic mass is 79.9. The fourth-order valence-electron chi connectivity index (χ4n) is 2.97. The van der Waals surface area contributed by atoms with E-state index in [-0.39, 0.29) is 5.56 Å². The summed E-state index contributed by atoms with van der Waals surface area (Å²) in [5.74, 6) is -0.953. The van der Waals surface area contributed by atoms with Crippen molar-refractivity contribution in [2.75, 3.05) is 0 Å². The molecule has 10 heteroatoms. The Bertz CT molecular complexity index is 1590. The van der Waals surface area contributed by atoms with Crippen LogP contribution in [-0.4, -0.2) is 41.0 Å². The van der Waals surface area contributed by atoms with Crippen LogP contribution >= 0.6 is 15.9 Å². The van der Waals surface area contributed by atoms with Gasteiger partial charge in [-0.15, -0.1) is 0 Å². The van der Waals surface area contributed by atoms with Gasteiger partial charge in [0.2, 0.25) is 0 Å². The second-order valence-corrected chi connectivity index (χ2v) is 7.68. The summed E-state index contributed by atoms with van der Waals surface area (Å²) in [4.78, 5) is 31.5. The lowest BCUT2D eigenvalue weighted by Gasteiger charge is -1.92. The standard InChI is InChI=1S/C8H5N3.C8H6N2O2.C7H5BrN2/c9-4-6-3-7-1-2-10-8(7)11-5-6;11-8(12)6-3-5-1-2-9-7(5)10-4-6;8-6-3-5-1-2-9-7(5)10-4-6/h1-3,5H,(H,10,11);1-4H,(H,9,10)(H,11,12);1-4H,(H,9,10). The molecule has 0 saturated carbocycles. The van der Waals surface area contributed by atoms with Crippen LogP contribution in [0.25, 0.3) is 33.1 Å². The molecule has 0 saturated heterocycles. The maximum Gasteiger partial charge on any atom is 0.337 e. The average Bonchev–Trinajstić information content (AvgIpc) is 3.58. The molecule has 6 rings (SSSR count). The zero-order valence-corrected chi connectivity index (χ0v) is 18.5. The molecule has 6 heterocycles. The van der Waals surface area contributed by atoms with E-state index in [1.807, 2.05) is 30.5 Å². The highest BCUT2D eigenvalue weighted by Crippen LogP contribution is 2.15. The van der Waals surface area contributed by atoms with Crippen LogP contribution in [0.3, 0.4) is 0 Å². The summed E-state index contributed by atoms with van der Waals surface area (Å²) in [5.41, 5.74) is 3.27. The van der Waals surface area contributed by atoms with Gasteiger partial charge in [-0.3, -0.25) is 0 Å². The molecule has 0 aliphatic heterocycles. The summed E-state index contributed by atoms with van der Waals surface area (Å²) in [6, 6.07) is 13.1. The topological polar surface area (TPSA) is 147 Å². The molecular weight excluding hydrogens is 486 g/mol. The van der Waals surface area contributed by atoms with Gasteiger partial charge >= 0.3 is 5.97 Å². The number of H-pyrrole nitrogens is 3. The van der Waals surface area contributed by atoms with Crippen LogP contribution in [0, 0.1) is 11.3 Å². The van der Waals surface area contributed by atoms with E-state index >= 15 is 0 Å². The van der Waals surface area contributed by atoms with Crippen molar-refractivity contribution in [1.29, 1.82) is 5.26 Å². The molecule has 0 aromatic carbocycles. The van der Waals surface area contributed by atoms with Crippen molar-refractivity contribution in [3.8, 4) is 6.07 Å². The number of fused-ring (bicyclic) bond motifs is 3. The summed E-state index contributed by atoms with van der Waals surface area (Å²) in [6.07, 6.45) is 10.1. The van der Waals surface area contributed by atoms with Crippen molar-refractivity contribution < 1.29 is 9.90 Å². The number of aromatic nitrogens is 6. The average molecular weight is 502 g/mol. The number of hydrogen-bond donors (Lipinski definition) is 4. The van der Waals surface area contributed by atoms with Crippen molar-refractivity contribution in [3.05, 3.63) is 89.2 Å². The highest BCUT2D eigenvalue weighted by Gasteiger charge is 2.04. The first-order valence-electron chi connectivity index (χ1n) is 9.62. The monoisotopic (exact) mass is 501 g/mol. The Hall–Kier alpha value is -4.49. The van der Waals surface area contributed by atoms with E-state index < -0.39 is 5.97 Å². The number of halogens is 1. The second kappa shape index (κ2) is 9.76. The van der Waals surface area contributed by atoms with Gasteiger partial charge in [0, 0.05) is 57.8 Å². The number of hydrogen-bond acceptors (Lipinski definition) is 5. The molecule has 6 aromatic heterocycles. The maximum atomic E-state index is 10.5. The molecule has 0 amide bonds. The molecule has 0 atom stereocenters. The SMILES string of the molecule is Brc1cnc2[nH]ccc2c1.N#Cc1cnc2[nH]ccc2c1.O=C(O)c1cnc2[nH]ccc2c1. The van der Waals surface area contributed by atoms with Gasteiger partial charge in [0.05, 0.1) is 11.1 Å². The summed E-state index contributed by atoms with van der Waals surface area (Å²) >= 11 is 3.34. The molecule has 9 nitrogen and oxygen atoms in total. The molecule has 0 aliphatic carbocycles. The first-order valence-corrected chi connectivity index (χ1v) is 10.4. The number of nitrogens with one attached hydrogen (secondary N) is 3. The second-order valence-electron chi connectivity index (χ2n) is 6.76. The molecule has 6 aromatic rings. The third-order valence-corrected chi connectivity index (χ3v) is 4.98. The lowest BCUT2D eigenvalue weighted by Crippen LogP contribution is -1.96. The Morgan fingerprint density at radius 3 is 1.91 bits per heavy atom. The first kappa shape index (κ1) is 21.7. The maximum absolute atomic E-state index is 10.5. The first-order chi connectivity index (χ1) is 16.0. The van der Waals surface area contributed by atoms with E-state index in [1.54, 1.807) is 43.0 Å². The van der Waals surface area contributed by atoms with Gasteiger partial charge in [-0.2, -0.15) is 5.26 Å². The Morgan fingerprint density at radius 2 is 1.33 bits per heavy atom. The number of nitrogens with zero attached hydrogens (tertiary/aromatic N) is 4. The van der Waals surface area contributed by atoms with Gasteiger partial charge in [0.15, 0.2) is 0 Å². The highest BCUT2D eigenvalue weighted by molar-refractivity contribution is 9.10. The van der Waals surface area contributed by atoms with Crippen molar-refractivity contribution >= 4 is 55.0 Å². The number of pyridine rings is 3. The minimum absolute atomic E-state index is 0.210. The van der Waals surface area contributed by atoms with Crippen molar-refractivity contribution in [2.24, 2.45) is 0 Å². The molecule has 0 radical (unpaired) electrons. The number of carbonyl (C=O) groups is 1. The van der Waals surface area contributed by atoms with Crippen LogP contribution in [0.15, 0.2) is 78.1 Å². The summed E-state index contributed by atoms with van der Waals surface area (Å²) in [5, 5.41) is 20.1. The van der Waals surface area contributed by atoms with E-state index in [9.17, 15) is 4.79 Å². The molecule has 0 aliphatic rings. The molecular formula is C23H16BrN7O2. The predicted octanol–water partition coefficient (Wildman–Crippen LogP) is 5.02. The fraction of sp³-hybridized carbons (Fsp3) is 0. The summed E-state index contributed by atoms with van der Waals surface area (Å²) in [7, 11) is 0. The number of carboxylic acid groups (broad SMARTS) is 1. The summed E-state index contributed by atoms with van der Waals surface area (Å²) in [6.45, 7) is 0. The third kappa shape index (κ3) is 5.23. The predicted molar refractivity (Wildman–Crippen MR) is 128 cm³/mol. The van der Waals surface area contributed by atoms with Crippen LogP contribution in [0.1, 0.15) is 15.9 Å². The van der Waals surface area contributed by atoms with E-state index in [1.165, 1.54) is 6.20 Å². The largest absolute Gasteiger partial charge is 0.478 e. The molecule has 0 unspecified atom stereocenters. The number of aromatic amines is 3. The molecule has 33 heavy (non-hydrogen) atoms. The Balaban J connectivity index is 0.000000118. The van der Waals surface area contributed by atoms with Crippen molar-refractivity contribution in [2.45, 2.75) is 0 Å². The molecule has 162 valence electrons. The smallest absolute Gasteiger partial charge is 0.337 e. The lowest BCUT2D eigenvalue weighted by molar-refractivity contribution is 0.0696. The zero-order valence-electron chi connectivity index (χ0n) is 17.0. The summed E-state index contributed by atoms with van der Waals surface area (Å²) < 4.78 is 1.01. The number of carboxylic acids is 1. The molecule has 0 spiro atoms. The van der Waals surface area contributed by atoms with Crippen molar-refractivity contribution in [1.82, 2.24) is 29.9 Å². The van der Waals surface area contributed by atoms with Gasteiger partial charge in [-0.05, 0) is 52.3 Å². The zero-order chi connectivity index (χ0) is 23.2. The van der Waals surface area contributed by atoms with Crippen LogP contribution in [0.4, 0.5) is 0 Å². The van der Waals surface area contributed by atoms with Crippen LogP contribution in [0.2, 0.25) is 0 Å². The fourth-order valence-corrected chi connectivity index (χ4v) is 3.32. The van der Waals surface area contributed by atoms with Gasteiger partial charge in [-0.1, -0.05) is 0 Å². The van der Waals surface area contributed by atoms with Crippen LogP contribution in [0.5, 0.6) is 0 Å². The molecule has 0 bridgehead atoms. The number of rotatable bonds is 1. The van der Waals surface area contributed by atoms with E-state index in [4.69, 9.17) is 10.4 Å². The quantitative estimate of drug-likeness (QED) is 0.248. The lowest BCUT2D eigenvalue weighted by atomic mass is 10.2. The van der Waals surface area contributed by atoms with Crippen molar-refractivity contribution in [3.63, 3.8) is 0 Å². The molecule has 0 fully saturated rings. The third-order valence-electron chi connectivity index (χ3n) is 4.54. The molecule has 4 N–H and O–H groups in total. The minimum Gasteiger partial charge on any atom is -0.478 e. The van der Waals surface area contributed by atoms with Gasteiger partial charge in [0.25, 0.3) is 0 Å². The van der Waals surface area contributed by atoms with Crippen LogP contribution in [-0.2, 0) is 0 Å². The van der Waals surface area contributed by atoms with Gasteiger partial charge < -0.3 is 20.1 Å².